The van der Waals surface area contributed by atoms with Crippen molar-refractivity contribution >= 4 is 11.9 Å². The molecule has 116 valence electrons. The molecule has 1 aliphatic heterocycles. The molecule has 0 aliphatic carbocycles. The van der Waals surface area contributed by atoms with Crippen molar-refractivity contribution in [3.8, 4) is 11.5 Å². The lowest BCUT2D eigenvalue weighted by Gasteiger charge is -2.16. The zero-order valence-electron chi connectivity index (χ0n) is 11.4. The highest BCUT2D eigenvalue weighted by Gasteiger charge is 2.26. The van der Waals surface area contributed by atoms with Gasteiger partial charge in [0.05, 0.1) is 7.11 Å². The van der Waals surface area contributed by atoms with Gasteiger partial charge in [0.1, 0.15) is 23.7 Å². The van der Waals surface area contributed by atoms with Gasteiger partial charge < -0.3 is 30.1 Å². The maximum absolute atomic E-state index is 9.54. The first-order valence-electron chi connectivity index (χ1n) is 6.09. The van der Waals surface area contributed by atoms with E-state index in [9.17, 15) is 5.11 Å². The van der Waals surface area contributed by atoms with E-state index in [1.54, 1.807) is 7.11 Å². The van der Waals surface area contributed by atoms with Crippen molar-refractivity contribution in [1.82, 2.24) is 5.32 Å². The Morgan fingerprint density at radius 2 is 1.62 bits per heavy atom. The summed E-state index contributed by atoms with van der Waals surface area (Å²) in [5.41, 5.74) is 0. The number of carbonyl (C=O) groups is 2. The minimum Gasteiger partial charge on any atom is -0.497 e. The van der Waals surface area contributed by atoms with Gasteiger partial charge in [-0.05, 0) is 24.3 Å². The van der Waals surface area contributed by atoms with Crippen LogP contribution in [0.4, 0.5) is 0 Å². The molecule has 0 spiro atoms. The summed E-state index contributed by atoms with van der Waals surface area (Å²) >= 11 is 0. The Labute approximate surface area is 120 Å². The molecular formula is C13H17NO7. The highest BCUT2D eigenvalue weighted by Crippen LogP contribution is 2.19. The second kappa shape index (κ2) is 8.08. The van der Waals surface area contributed by atoms with Crippen molar-refractivity contribution < 1.29 is 34.4 Å². The van der Waals surface area contributed by atoms with E-state index in [4.69, 9.17) is 29.3 Å². The second-order valence-electron chi connectivity index (χ2n) is 4.17. The molecule has 0 aromatic heterocycles. The lowest BCUT2D eigenvalue weighted by atomic mass is 10.2. The fourth-order valence-electron chi connectivity index (χ4n) is 1.59. The van der Waals surface area contributed by atoms with Crippen LogP contribution in [0.3, 0.4) is 0 Å². The number of aliphatic carboxylic acids is 2. The summed E-state index contributed by atoms with van der Waals surface area (Å²) in [6, 6.07) is 7.35. The van der Waals surface area contributed by atoms with Crippen LogP contribution in [-0.2, 0) is 9.59 Å². The van der Waals surface area contributed by atoms with Crippen LogP contribution in [0.25, 0.3) is 0 Å². The van der Waals surface area contributed by atoms with Gasteiger partial charge in [-0.15, -0.1) is 0 Å². The summed E-state index contributed by atoms with van der Waals surface area (Å²) in [6.07, 6.45) is -0.578. The van der Waals surface area contributed by atoms with Crippen molar-refractivity contribution in [3.05, 3.63) is 24.3 Å². The number of methoxy groups -OCH3 is 1. The third-order valence-corrected chi connectivity index (χ3v) is 2.66. The van der Waals surface area contributed by atoms with Crippen molar-refractivity contribution in [3.63, 3.8) is 0 Å². The number of hydrogen-bond acceptors (Lipinski definition) is 6. The fraction of sp³-hybridized carbons (Fsp3) is 0.385. The largest absolute Gasteiger partial charge is 0.497 e. The molecule has 4 N–H and O–H groups in total. The molecule has 1 aliphatic rings. The Kier molecular flexibility index (Phi) is 6.44. The highest BCUT2D eigenvalue weighted by molar-refractivity contribution is 6.27. The fourth-order valence-corrected chi connectivity index (χ4v) is 1.59. The Hall–Kier alpha value is -2.32. The maximum Gasteiger partial charge on any atom is 0.414 e. The number of β-amino-alcohol motifs (C(OH)–C–C–N with tert-alkyl or cyclic N) is 1. The second-order valence-corrected chi connectivity index (χ2v) is 4.17. The van der Waals surface area contributed by atoms with Crippen LogP contribution in [0.5, 0.6) is 11.5 Å². The summed E-state index contributed by atoms with van der Waals surface area (Å²) in [6.45, 7) is 1.29. The van der Waals surface area contributed by atoms with Gasteiger partial charge in [-0.3, -0.25) is 0 Å². The van der Waals surface area contributed by atoms with Gasteiger partial charge >= 0.3 is 11.9 Å². The number of hydrogen-bond donors (Lipinski definition) is 4. The van der Waals surface area contributed by atoms with Crippen LogP contribution in [-0.4, -0.2) is 59.7 Å². The van der Waals surface area contributed by atoms with E-state index in [0.29, 0.717) is 13.1 Å². The van der Waals surface area contributed by atoms with Gasteiger partial charge in [-0.1, -0.05) is 0 Å². The third kappa shape index (κ3) is 5.67. The molecule has 0 unspecified atom stereocenters. The van der Waals surface area contributed by atoms with Crippen LogP contribution >= 0.6 is 0 Å². The molecule has 8 nitrogen and oxygen atoms in total. The van der Waals surface area contributed by atoms with Crippen molar-refractivity contribution in [2.45, 2.75) is 12.2 Å². The van der Waals surface area contributed by atoms with Crippen LogP contribution in [0, 0.1) is 0 Å². The molecule has 2 rings (SSSR count). The van der Waals surface area contributed by atoms with E-state index in [2.05, 4.69) is 5.32 Å². The minimum atomic E-state index is -1.82. The number of nitrogens with one attached hydrogen (secondary N) is 1. The number of aliphatic hydroxyl groups is 1. The van der Waals surface area contributed by atoms with Crippen LogP contribution < -0.4 is 14.8 Å². The molecular weight excluding hydrogens is 282 g/mol. The van der Waals surface area contributed by atoms with Crippen LogP contribution in [0.15, 0.2) is 24.3 Å². The summed E-state index contributed by atoms with van der Waals surface area (Å²) < 4.78 is 10.7. The molecule has 21 heavy (non-hydrogen) atoms. The first kappa shape index (κ1) is 16.7. The van der Waals surface area contributed by atoms with Crippen molar-refractivity contribution in [1.29, 1.82) is 0 Å². The smallest absolute Gasteiger partial charge is 0.414 e. The molecule has 1 heterocycles. The molecule has 0 bridgehead atoms. The molecule has 1 aromatic rings. The summed E-state index contributed by atoms with van der Waals surface area (Å²) in [5, 5.41) is 27.4. The Morgan fingerprint density at radius 1 is 1.10 bits per heavy atom. The van der Waals surface area contributed by atoms with Gasteiger partial charge in [-0.25, -0.2) is 9.59 Å². The molecule has 0 amide bonds. The van der Waals surface area contributed by atoms with Crippen molar-refractivity contribution in [2.24, 2.45) is 0 Å². The Balaban J connectivity index is 0.000000315. The van der Waals surface area contributed by atoms with E-state index < -0.39 is 18.0 Å². The standard InChI is InChI=1S/C11H15NO3.C2H2O4/c1-14-8-2-4-9(5-3-8)15-11-7-12-6-10(11)13;3-1(4)2(5)6/h2-5,10-13H,6-7H2,1H3;(H,3,4)(H,5,6)/t10-,11-;/m1./s1. The molecule has 1 saturated heterocycles. The average molecular weight is 299 g/mol. The van der Waals surface area contributed by atoms with E-state index in [0.717, 1.165) is 11.5 Å². The third-order valence-electron chi connectivity index (χ3n) is 2.66. The molecule has 8 heteroatoms. The number of aliphatic hydroxyl groups excluding tert-OH is 1. The lowest BCUT2D eigenvalue weighted by molar-refractivity contribution is -0.159. The first-order chi connectivity index (χ1) is 9.93. The van der Waals surface area contributed by atoms with E-state index in [-0.39, 0.29) is 6.10 Å². The predicted octanol–water partition coefficient (Wildman–Crippen LogP) is -0.438. The summed E-state index contributed by atoms with van der Waals surface area (Å²) in [5.74, 6) is -2.10. The molecule has 1 aromatic carbocycles. The number of rotatable bonds is 3. The topological polar surface area (TPSA) is 125 Å². The summed E-state index contributed by atoms with van der Waals surface area (Å²) in [4.78, 5) is 18.2. The minimum absolute atomic E-state index is 0.154. The molecule has 0 radical (unpaired) electrons. The van der Waals surface area contributed by atoms with Gasteiger partial charge in [0.25, 0.3) is 0 Å². The lowest BCUT2D eigenvalue weighted by Crippen LogP contribution is -2.29. The monoisotopic (exact) mass is 299 g/mol. The van der Waals surface area contributed by atoms with E-state index in [1.165, 1.54) is 0 Å². The number of carboxylic acid groups (broad SMARTS) is 2. The molecule has 1 fully saturated rings. The maximum atomic E-state index is 9.54. The quantitative estimate of drug-likeness (QED) is 0.554. The molecule has 2 atom stereocenters. The number of carboxylic acids is 2. The zero-order chi connectivity index (χ0) is 15.8. The summed E-state index contributed by atoms with van der Waals surface area (Å²) in [7, 11) is 1.63. The predicted molar refractivity (Wildman–Crippen MR) is 71.6 cm³/mol. The van der Waals surface area contributed by atoms with Crippen LogP contribution in [0.1, 0.15) is 0 Å². The zero-order valence-corrected chi connectivity index (χ0v) is 11.4. The van der Waals surface area contributed by atoms with Crippen LogP contribution in [0.2, 0.25) is 0 Å². The molecule has 0 saturated carbocycles. The van der Waals surface area contributed by atoms with Gasteiger partial charge in [0.2, 0.25) is 0 Å². The van der Waals surface area contributed by atoms with Gasteiger partial charge in [0, 0.05) is 13.1 Å². The Bertz CT molecular complexity index is 462. The Morgan fingerprint density at radius 3 is 2.00 bits per heavy atom. The number of benzene rings is 1. The van der Waals surface area contributed by atoms with E-state index in [1.807, 2.05) is 24.3 Å². The SMILES string of the molecule is COc1ccc(O[C@@H]2CNC[C@H]2O)cc1.O=C(O)C(=O)O. The van der Waals surface area contributed by atoms with Gasteiger partial charge in [-0.2, -0.15) is 0 Å². The average Bonchev–Trinajstić information content (AvgIpc) is 2.86. The van der Waals surface area contributed by atoms with Crippen molar-refractivity contribution in [2.75, 3.05) is 20.2 Å². The van der Waals surface area contributed by atoms with E-state index >= 15 is 0 Å². The normalized spacial score (nSPS) is 20.1. The number of ether oxygens (including phenoxy) is 2. The highest BCUT2D eigenvalue weighted by atomic mass is 16.5. The first-order valence-corrected chi connectivity index (χ1v) is 6.09. The van der Waals surface area contributed by atoms with Gasteiger partial charge in [0.15, 0.2) is 0 Å².